The Bertz CT molecular complexity index is 684. The maximum Gasteiger partial charge on any atom is 0.241 e. The summed E-state index contributed by atoms with van der Waals surface area (Å²) in [5, 5.41) is 2.89. The van der Waals surface area contributed by atoms with Crippen molar-refractivity contribution in [1.82, 2.24) is 10.0 Å². The van der Waals surface area contributed by atoms with Crippen molar-refractivity contribution in [1.29, 1.82) is 0 Å². The van der Waals surface area contributed by atoms with Gasteiger partial charge in [-0.3, -0.25) is 4.79 Å². The van der Waals surface area contributed by atoms with Crippen molar-refractivity contribution in [3.05, 3.63) is 24.3 Å². The summed E-state index contributed by atoms with van der Waals surface area (Å²) >= 11 is 0. The summed E-state index contributed by atoms with van der Waals surface area (Å²) in [4.78, 5) is 12.7. The van der Waals surface area contributed by atoms with E-state index in [9.17, 15) is 13.2 Å². The number of hydrogen-bond donors (Lipinski definition) is 3. The highest BCUT2D eigenvalue weighted by Gasteiger charge is 2.34. The van der Waals surface area contributed by atoms with Crippen molar-refractivity contribution < 1.29 is 17.9 Å². The smallest absolute Gasteiger partial charge is 0.241 e. The second kappa shape index (κ2) is 8.16. The molecule has 2 rings (SSSR count). The predicted octanol–water partition coefficient (Wildman–Crippen LogP) is 0.852. The molecular formula is C17H27N3O4S. The van der Waals surface area contributed by atoms with Crippen LogP contribution in [0, 0.1) is 11.8 Å². The summed E-state index contributed by atoms with van der Waals surface area (Å²) in [6, 6.07) is 5.07. The molecule has 7 nitrogen and oxygen atoms in total. The Morgan fingerprint density at radius 1 is 1.28 bits per heavy atom. The first kappa shape index (κ1) is 19.7. The van der Waals surface area contributed by atoms with Gasteiger partial charge in [-0.15, -0.1) is 0 Å². The lowest BCUT2D eigenvalue weighted by Gasteiger charge is -2.25. The largest absolute Gasteiger partial charge is 0.497 e. The van der Waals surface area contributed by atoms with E-state index in [2.05, 4.69) is 10.0 Å². The topological polar surface area (TPSA) is 111 Å². The number of amides is 1. The number of carbonyl (C=O) groups is 1. The molecule has 2 atom stereocenters. The van der Waals surface area contributed by atoms with Gasteiger partial charge in [-0.2, -0.15) is 4.72 Å². The van der Waals surface area contributed by atoms with Crippen molar-refractivity contribution in [2.24, 2.45) is 17.6 Å². The highest BCUT2D eigenvalue weighted by molar-refractivity contribution is 7.89. The lowest BCUT2D eigenvalue weighted by Crippen LogP contribution is -2.53. The molecule has 140 valence electrons. The van der Waals surface area contributed by atoms with Crippen LogP contribution >= 0.6 is 0 Å². The summed E-state index contributed by atoms with van der Waals surface area (Å²) in [6.45, 7) is 3.96. The number of ether oxygens (including phenoxy) is 1. The Morgan fingerprint density at radius 3 is 2.32 bits per heavy atom. The van der Waals surface area contributed by atoms with Gasteiger partial charge in [0.15, 0.2) is 0 Å². The molecule has 1 amide bonds. The Labute approximate surface area is 149 Å². The molecule has 8 heteroatoms. The third kappa shape index (κ3) is 5.17. The Balaban J connectivity index is 2.11. The van der Waals surface area contributed by atoms with Crippen molar-refractivity contribution in [3.63, 3.8) is 0 Å². The fourth-order valence-corrected chi connectivity index (χ4v) is 3.97. The molecule has 1 aliphatic rings. The number of hydrogen-bond acceptors (Lipinski definition) is 5. The highest BCUT2D eigenvalue weighted by atomic mass is 32.2. The minimum Gasteiger partial charge on any atom is -0.497 e. The van der Waals surface area contributed by atoms with Crippen LogP contribution in [-0.2, 0) is 14.8 Å². The van der Waals surface area contributed by atoms with Gasteiger partial charge >= 0.3 is 0 Å². The molecule has 4 N–H and O–H groups in total. The van der Waals surface area contributed by atoms with E-state index in [4.69, 9.17) is 10.5 Å². The molecule has 1 aliphatic carbocycles. The zero-order valence-corrected chi connectivity index (χ0v) is 15.7. The first-order valence-electron chi connectivity index (χ1n) is 8.45. The fourth-order valence-electron chi connectivity index (χ4n) is 2.62. The Morgan fingerprint density at radius 2 is 1.88 bits per heavy atom. The average Bonchev–Trinajstić information content (AvgIpc) is 3.42. The number of benzene rings is 1. The molecule has 1 aromatic carbocycles. The fraction of sp³-hybridized carbons (Fsp3) is 0.588. The Hall–Kier alpha value is -1.64. The molecule has 0 heterocycles. The maximum absolute atomic E-state index is 12.6. The lowest BCUT2D eigenvalue weighted by atomic mass is 10.0. The predicted molar refractivity (Wildman–Crippen MR) is 95.7 cm³/mol. The molecule has 1 saturated carbocycles. The van der Waals surface area contributed by atoms with Gasteiger partial charge in [0.25, 0.3) is 0 Å². The van der Waals surface area contributed by atoms with Crippen LogP contribution in [0.25, 0.3) is 0 Å². The number of carbonyl (C=O) groups excluding carboxylic acids is 1. The molecule has 0 bridgehead atoms. The number of nitrogens with two attached hydrogens (primary N) is 1. The SMILES string of the molecule is COc1ccc(S(=O)(=O)NC(C(=O)NC(CN)C2CC2)C(C)C)cc1. The monoisotopic (exact) mass is 369 g/mol. The van der Waals surface area contributed by atoms with E-state index in [0.717, 1.165) is 12.8 Å². The quantitative estimate of drug-likeness (QED) is 0.598. The normalized spacial score (nSPS) is 17.2. The number of sulfonamides is 1. The van der Waals surface area contributed by atoms with Crippen molar-refractivity contribution in [3.8, 4) is 5.75 Å². The van der Waals surface area contributed by atoms with Gasteiger partial charge in [-0.05, 0) is 48.9 Å². The van der Waals surface area contributed by atoms with E-state index >= 15 is 0 Å². The third-order valence-corrected chi connectivity index (χ3v) is 5.83. The molecule has 1 fully saturated rings. The van der Waals surface area contributed by atoms with Crippen LogP contribution in [0.15, 0.2) is 29.2 Å². The molecule has 0 radical (unpaired) electrons. The summed E-state index contributed by atoms with van der Waals surface area (Å²) in [5.41, 5.74) is 5.72. The molecule has 0 aromatic heterocycles. The van der Waals surface area contributed by atoms with Crippen molar-refractivity contribution in [2.75, 3.05) is 13.7 Å². The standard InChI is InChI=1S/C17H27N3O4S/c1-11(2)16(17(21)19-15(10-18)12-4-5-12)20-25(22,23)14-8-6-13(24-3)7-9-14/h6-9,11-12,15-16,20H,4-5,10,18H2,1-3H3,(H,19,21). The minimum atomic E-state index is -3.82. The van der Waals surface area contributed by atoms with Crippen LogP contribution in [-0.4, -0.2) is 40.1 Å². The van der Waals surface area contributed by atoms with Crippen LogP contribution in [0.4, 0.5) is 0 Å². The second-order valence-electron chi connectivity index (χ2n) is 6.71. The maximum atomic E-state index is 12.6. The zero-order valence-electron chi connectivity index (χ0n) is 14.9. The molecule has 25 heavy (non-hydrogen) atoms. The molecule has 0 aliphatic heterocycles. The third-order valence-electron chi connectivity index (χ3n) is 4.37. The Kier molecular flexibility index (Phi) is 6.42. The van der Waals surface area contributed by atoms with Gasteiger partial charge in [0.2, 0.25) is 15.9 Å². The van der Waals surface area contributed by atoms with Crippen LogP contribution in [0.2, 0.25) is 0 Å². The van der Waals surface area contributed by atoms with E-state index in [1.807, 2.05) is 0 Å². The van der Waals surface area contributed by atoms with Crippen molar-refractivity contribution in [2.45, 2.75) is 43.7 Å². The van der Waals surface area contributed by atoms with E-state index in [1.165, 1.54) is 19.2 Å². The minimum absolute atomic E-state index is 0.0873. The van der Waals surface area contributed by atoms with E-state index < -0.39 is 16.1 Å². The molecule has 1 aromatic rings. The van der Waals surface area contributed by atoms with Gasteiger partial charge in [-0.1, -0.05) is 13.8 Å². The van der Waals surface area contributed by atoms with Crippen LogP contribution in [0.3, 0.4) is 0 Å². The summed E-state index contributed by atoms with van der Waals surface area (Å²) in [5.74, 6) is 0.423. The van der Waals surface area contributed by atoms with Crippen LogP contribution in [0.5, 0.6) is 5.75 Å². The van der Waals surface area contributed by atoms with Gasteiger partial charge in [0.05, 0.1) is 12.0 Å². The summed E-state index contributed by atoms with van der Waals surface area (Å²) in [6.07, 6.45) is 2.10. The molecule has 0 spiro atoms. The molecular weight excluding hydrogens is 342 g/mol. The molecule has 0 saturated heterocycles. The first-order valence-corrected chi connectivity index (χ1v) is 9.93. The number of nitrogens with one attached hydrogen (secondary N) is 2. The van der Waals surface area contributed by atoms with E-state index in [-0.39, 0.29) is 22.8 Å². The first-order chi connectivity index (χ1) is 11.8. The van der Waals surface area contributed by atoms with Crippen molar-refractivity contribution >= 4 is 15.9 Å². The van der Waals surface area contributed by atoms with Gasteiger partial charge in [0, 0.05) is 12.6 Å². The highest BCUT2D eigenvalue weighted by Crippen LogP contribution is 2.32. The summed E-state index contributed by atoms with van der Waals surface area (Å²) < 4.78 is 32.7. The van der Waals surface area contributed by atoms with Gasteiger partial charge in [-0.25, -0.2) is 8.42 Å². The van der Waals surface area contributed by atoms with E-state index in [1.54, 1.807) is 26.0 Å². The molecule has 2 unspecified atom stereocenters. The number of methoxy groups -OCH3 is 1. The van der Waals surface area contributed by atoms with Gasteiger partial charge in [0.1, 0.15) is 11.8 Å². The summed E-state index contributed by atoms with van der Waals surface area (Å²) in [7, 11) is -2.31. The van der Waals surface area contributed by atoms with Crippen LogP contribution in [0.1, 0.15) is 26.7 Å². The van der Waals surface area contributed by atoms with E-state index in [0.29, 0.717) is 18.2 Å². The average molecular weight is 369 g/mol. The number of rotatable bonds is 9. The lowest BCUT2D eigenvalue weighted by molar-refractivity contribution is -0.124. The van der Waals surface area contributed by atoms with Gasteiger partial charge < -0.3 is 15.8 Å². The van der Waals surface area contributed by atoms with Crippen LogP contribution < -0.4 is 20.5 Å². The zero-order chi connectivity index (χ0) is 18.6. The second-order valence-corrected chi connectivity index (χ2v) is 8.42.